The van der Waals surface area contributed by atoms with Gasteiger partial charge >= 0.3 is 0 Å². The number of hydrogen-bond donors (Lipinski definition) is 0. The normalized spacial score (nSPS) is 15.2. The van der Waals surface area contributed by atoms with Crippen LogP contribution in [0.3, 0.4) is 0 Å². The summed E-state index contributed by atoms with van der Waals surface area (Å²) in [5, 5.41) is 2.16. The number of Topliss-reactive ketones (excluding diaryl/α,β-unsaturated/α-hetero) is 1. The highest BCUT2D eigenvalue weighted by Gasteiger charge is 2.22. The lowest BCUT2D eigenvalue weighted by Crippen LogP contribution is -2.34. The third kappa shape index (κ3) is 2.70. The predicted octanol–water partition coefficient (Wildman–Crippen LogP) is 3.43. The second kappa shape index (κ2) is 5.78. The topological polar surface area (TPSA) is 25.2 Å². The van der Waals surface area contributed by atoms with Crippen molar-refractivity contribution in [3.63, 3.8) is 0 Å². The molecule has 0 saturated carbocycles. The van der Waals surface area contributed by atoms with Crippen molar-refractivity contribution in [2.24, 2.45) is 0 Å². The van der Waals surface area contributed by atoms with E-state index in [2.05, 4.69) is 41.7 Å². The average Bonchev–Trinajstić information content (AvgIpc) is 3.02. The number of carbonyl (C=O) groups excluding carboxylic acids is 1. The first-order valence-corrected chi connectivity index (χ1v) is 8.45. The van der Waals surface area contributed by atoms with Gasteiger partial charge in [0.1, 0.15) is 0 Å². The fourth-order valence-electron chi connectivity index (χ4n) is 3.30. The van der Waals surface area contributed by atoms with Gasteiger partial charge in [-0.05, 0) is 50.3 Å². The van der Waals surface area contributed by atoms with Gasteiger partial charge < -0.3 is 4.57 Å². The minimum Gasteiger partial charge on any atom is -0.349 e. The Hall–Kier alpha value is -1.39. The second-order valence-corrected chi connectivity index (χ2v) is 6.78. The maximum absolute atomic E-state index is 12.6. The van der Waals surface area contributed by atoms with Crippen LogP contribution in [0.1, 0.15) is 39.1 Å². The lowest BCUT2D eigenvalue weighted by atomic mass is 10.1. The van der Waals surface area contributed by atoms with Crippen molar-refractivity contribution in [2.45, 2.75) is 40.3 Å². The van der Waals surface area contributed by atoms with Crippen LogP contribution in [0.5, 0.6) is 0 Å². The summed E-state index contributed by atoms with van der Waals surface area (Å²) in [5.41, 5.74) is 4.58. The maximum Gasteiger partial charge on any atom is 0.178 e. The Morgan fingerprint density at radius 1 is 1.38 bits per heavy atom. The van der Waals surface area contributed by atoms with E-state index >= 15 is 0 Å². The molecule has 0 N–H and O–H groups in total. The number of nitrogens with zero attached hydrogens (tertiary/aromatic N) is 2. The van der Waals surface area contributed by atoms with Gasteiger partial charge in [0.2, 0.25) is 0 Å². The SMILES string of the molecule is CCn1c(C)cc(C(=O)CN2CCc3sccc3C2)c1C. The van der Waals surface area contributed by atoms with Crippen LogP contribution in [0.4, 0.5) is 0 Å². The Kier molecular flexibility index (Phi) is 4.00. The number of rotatable bonds is 4. The summed E-state index contributed by atoms with van der Waals surface area (Å²) in [5.74, 6) is 0.251. The molecule has 0 radical (unpaired) electrons. The smallest absolute Gasteiger partial charge is 0.178 e. The summed E-state index contributed by atoms with van der Waals surface area (Å²) < 4.78 is 2.21. The zero-order valence-electron chi connectivity index (χ0n) is 13.0. The summed E-state index contributed by atoms with van der Waals surface area (Å²) in [6, 6.07) is 4.24. The molecule has 0 aromatic carbocycles. The molecule has 1 aliphatic heterocycles. The van der Waals surface area contributed by atoms with Crippen molar-refractivity contribution in [1.82, 2.24) is 9.47 Å². The molecule has 3 heterocycles. The summed E-state index contributed by atoms with van der Waals surface area (Å²) >= 11 is 1.84. The molecule has 112 valence electrons. The first kappa shape index (κ1) is 14.5. The van der Waals surface area contributed by atoms with E-state index in [9.17, 15) is 4.79 Å². The van der Waals surface area contributed by atoms with Crippen molar-refractivity contribution in [2.75, 3.05) is 13.1 Å². The number of fused-ring (bicyclic) bond motifs is 1. The lowest BCUT2D eigenvalue weighted by molar-refractivity contribution is 0.0921. The van der Waals surface area contributed by atoms with Gasteiger partial charge in [0.05, 0.1) is 6.54 Å². The second-order valence-electron chi connectivity index (χ2n) is 5.78. The summed E-state index contributed by atoms with van der Waals surface area (Å²) in [4.78, 5) is 16.4. The summed E-state index contributed by atoms with van der Waals surface area (Å²) in [6.07, 6.45) is 1.08. The molecule has 0 bridgehead atoms. The van der Waals surface area contributed by atoms with Crippen molar-refractivity contribution in [1.29, 1.82) is 0 Å². The molecule has 0 aliphatic carbocycles. The first-order chi connectivity index (χ1) is 10.1. The molecule has 0 saturated heterocycles. The van der Waals surface area contributed by atoms with Crippen molar-refractivity contribution < 1.29 is 4.79 Å². The fourth-order valence-corrected chi connectivity index (χ4v) is 4.19. The van der Waals surface area contributed by atoms with Crippen LogP contribution in [-0.4, -0.2) is 28.3 Å². The van der Waals surface area contributed by atoms with Gasteiger partial charge in [0.25, 0.3) is 0 Å². The van der Waals surface area contributed by atoms with Crippen LogP contribution in [-0.2, 0) is 19.5 Å². The number of aryl methyl sites for hydroxylation is 1. The van der Waals surface area contributed by atoms with Gasteiger partial charge in [-0.1, -0.05) is 0 Å². The molecule has 0 atom stereocenters. The number of aromatic nitrogens is 1. The molecule has 0 amide bonds. The van der Waals surface area contributed by atoms with E-state index in [1.807, 2.05) is 17.4 Å². The largest absolute Gasteiger partial charge is 0.349 e. The molecule has 4 heteroatoms. The molecule has 2 aromatic heterocycles. The molecule has 3 rings (SSSR count). The molecule has 0 spiro atoms. The van der Waals surface area contributed by atoms with Crippen LogP contribution >= 0.6 is 11.3 Å². The van der Waals surface area contributed by atoms with Gasteiger partial charge in [-0.25, -0.2) is 0 Å². The predicted molar refractivity (Wildman–Crippen MR) is 87.2 cm³/mol. The average molecular weight is 302 g/mol. The van der Waals surface area contributed by atoms with Crippen molar-refractivity contribution >= 4 is 17.1 Å². The van der Waals surface area contributed by atoms with Crippen LogP contribution in [0, 0.1) is 13.8 Å². The van der Waals surface area contributed by atoms with Crippen LogP contribution < -0.4 is 0 Å². The Bertz CT molecular complexity index is 668. The van der Waals surface area contributed by atoms with Gasteiger partial charge in [0, 0.05) is 41.5 Å². The van der Waals surface area contributed by atoms with Crippen LogP contribution in [0.25, 0.3) is 0 Å². The fraction of sp³-hybridized carbons (Fsp3) is 0.471. The molecular formula is C17H22N2OS. The minimum atomic E-state index is 0.251. The third-order valence-corrected chi connectivity index (χ3v) is 5.47. The lowest BCUT2D eigenvalue weighted by Gasteiger charge is -2.26. The third-order valence-electron chi connectivity index (χ3n) is 4.44. The monoisotopic (exact) mass is 302 g/mol. The quantitative estimate of drug-likeness (QED) is 0.809. The Morgan fingerprint density at radius 3 is 2.90 bits per heavy atom. The zero-order valence-corrected chi connectivity index (χ0v) is 13.8. The zero-order chi connectivity index (χ0) is 15.0. The molecular weight excluding hydrogens is 280 g/mol. The molecule has 0 unspecified atom stereocenters. The molecule has 1 aliphatic rings. The highest BCUT2D eigenvalue weighted by Crippen LogP contribution is 2.24. The number of thiophene rings is 1. The van der Waals surface area contributed by atoms with Crippen molar-refractivity contribution in [3.8, 4) is 0 Å². The first-order valence-electron chi connectivity index (χ1n) is 7.57. The highest BCUT2D eigenvalue weighted by molar-refractivity contribution is 7.10. The number of carbonyl (C=O) groups is 1. The summed E-state index contributed by atoms with van der Waals surface area (Å²) in [7, 11) is 0. The van der Waals surface area contributed by atoms with Gasteiger partial charge in [-0.2, -0.15) is 0 Å². The van der Waals surface area contributed by atoms with E-state index in [4.69, 9.17) is 0 Å². The number of hydrogen-bond acceptors (Lipinski definition) is 3. The minimum absolute atomic E-state index is 0.251. The molecule has 0 fully saturated rings. The van der Waals surface area contributed by atoms with Gasteiger partial charge in [-0.15, -0.1) is 11.3 Å². The van der Waals surface area contributed by atoms with E-state index in [0.717, 1.165) is 37.3 Å². The maximum atomic E-state index is 12.6. The molecule has 3 nitrogen and oxygen atoms in total. The van der Waals surface area contributed by atoms with Gasteiger partial charge in [0.15, 0.2) is 5.78 Å². The Balaban J connectivity index is 1.73. The number of ketones is 1. The Morgan fingerprint density at radius 2 is 2.19 bits per heavy atom. The van der Waals surface area contributed by atoms with E-state index in [1.165, 1.54) is 16.1 Å². The van der Waals surface area contributed by atoms with Crippen molar-refractivity contribution in [3.05, 3.63) is 44.9 Å². The standard InChI is InChI=1S/C17H22N2OS/c1-4-19-12(2)9-15(13(19)3)16(20)11-18-7-5-17-14(10-18)6-8-21-17/h6,8-9H,4-5,7,10-11H2,1-3H3. The van der Waals surface area contributed by atoms with E-state index in [1.54, 1.807) is 0 Å². The van der Waals surface area contributed by atoms with E-state index in [0.29, 0.717) is 6.54 Å². The van der Waals surface area contributed by atoms with Crippen LogP contribution in [0.15, 0.2) is 17.5 Å². The molecule has 2 aromatic rings. The van der Waals surface area contributed by atoms with E-state index in [-0.39, 0.29) is 5.78 Å². The van der Waals surface area contributed by atoms with Crippen LogP contribution in [0.2, 0.25) is 0 Å². The Labute approximate surface area is 130 Å². The van der Waals surface area contributed by atoms with E-state index < -0.39 is 0 Å². The molecule has 21 heavy (non-hydrogen) atoms. The highest BCUT2D eigenvalue weighted by atomic mass is 32.1. The van der Waals surface area contributed by atoms with Gasteiger partial charge in [-0.3, -0.25) is 9.69 Å². The summed E-state index contributed by atoms with van der Waals surface area (Å²) in [6.45, 7) is 9.61.